The molecule has 1 aromatic rings. The maximum Gasteiger partial charge on any atom is 0.137 e. The Morgan fingerprint density at radius 2 is 2.33 bits per heavy atom. The van der Waals surface area contributed by atoms with Crippen molar-refractivity contribution in [1.29, 1.82) is 0 Å². The van der Waals surface area contributed by atoms with Crippen LogP contribution < -0.4 is 4.90 Å². The van der Waals surface area contributed by atoms with Gasteiger partial charge in [-0.3, -0.25) is 0 Å². The largest absolute Gasteiger partial charge is 0.391 e. The molecule has 0 aliphatic rings. The molecule has 0 aliphatic carbocycles. The zero-order valence-electron chi connectivity index (χ0n) is 7.36. The van der Waals surface area contributed by atoms with Crippen molar-refractivity contribution in [3.05, 3.63) is 18.1 Å². The highest BCUT2D eigenvalue weighted by Gasteiger charge is 2.05. The van der Waals surface area contributed by atoms with Gasteiger partial charge in [-0.05, 0) is 6.92 Å². The van der Waals surface area contributed by atoms with Gasteiger partial charge in [0.15, 0.2) is 0 Å². The fourth-order valence-corrected chi connectivity index (χ4v) is 0.957. The van der Waals surface area contributed by atoms with E-state index >= 15 is 0 Å². The second-order valence-corrected chi connectivity index (χ2v) is 2.54. The molecule has 4 nitrogen and oxygen atoms in total. The predicted octanol–water partition coefficient (Wildman–Crippen LogP) is 0.425. The molecule has 0 saturated carbocycles. The lowest BCUT2D eigenvalue weighted by molar-refractivity contribution is 0.281. The molecule has 0 aliphatic heterocycles. The molecule has 0 bridgehead atoms. The van der Waals surface area contributed by atoms with E-state index in [1.165, 1.54) is 6.33 Å². The van der Waals surface area contributed by atoms with Gasteiger partial charge in [-0.2, -0.15) is 0 Å². The normalized spacial score (nSPS) is 9.92. The van der Waals surface area contributed by atoms with Crippen molar-refractivity contribution in [3.8, 4) is 0 Å². The summed E-state index contributed by atoms with van der Waals surface area (Å²) in [6.45, 7) is 2.88. The summed E-state index contributed by atoms with van der Waals surface area (Å²) in [6, 6.07) is 0. The molecule has 1 heterocycles. The molecule has 0 aromatic carbocycles. The van der Waals surface area contributed by atoms with Crippen LogP contribution in [0.25, 0.3) is 0 Å². The van der Waals surface area contributed by atoms with Crippen molar-refractivity contribution < 1.29 is 5.11 Å². The van der Waals surface area contributed by atoms with E-state index in [-0.39, 0.29) is 6.61 Å². The lowest BCUT2D eigenvalue weighted by atomic mass is 10.3. The summed E-state index contributed by atoms with van der Waals surface area (Å²) in [7, 11) is 1.93. The summed E-state index contributed by atoms with van der Waals surface area (Å²) in [5.74, 6) is 0.801. The Morgan fingerprint density at radius 3 is 2.92 bits per heavy atom. The Morgan fingerprint density at radius 1 is 1.58 bits per heavy atom. The third kappa shape index (κ3) is 1.71. The van der Waals surface area contributed by atoms with Crippen molar-refractivity contribution in [3.63, 3.8) is 0 Å². The van der Waals surface area contributed by atoms with Crippen LogP contribution >= 0.6 is 0 Å². The Bertz CT molecular complexity index is 252. The zero-order valence-corrected chi connectivity index (χ0v) is 7.36. The highest BCUT2D eigenvalue weighted by Crippen LogP contribution is 2.13. The van der Waals surface area contributed by atoms with E-state index in [0.717, 1.165) is 17.9 Å². The van der Waals surface area contributed by atoms with Gasteiger partial charge in [-0.15, -0.1) is 0 Å². The SMILES string of the molecule is CCN(C)c1ncncc1CO. The van der Waals surface area contributed by atoms with E-state index in [4.69, 9.17) is 5.11 Å². The van der Waals surface area contributed by atoms with Crippen molar-refractivity contribution in [2.24, 2.45) is 0 Å². The summed E-state index contributed by atoms with van der Waals surface area (Å²) >= 11 is 0. The van der Waals surface area contributed by atoms with Crippen LogP contribution in [0.1, 0.15) is 12.5 Å². The molecular weight excluding hydrogens is 154 g/mol. The monoisotopic (exact) mass is 167 g/mol. The number of hydrogen-bond acceptors (Lipinski definition) is 4. The molecule has 0 atom stereocenters. The van der Waals surface area contributed by atoms with E-state index in [2.05, 4.69) is 9.97 Å². The number of nitrogens with zero attached hydrogens (tertiary/aromatic N) is 3. The first-order chi connectivity index (χ1) is 5.79. The molecular formula is C8H13N3O. The fraction of sp³-hybridized carbons (Fsp3) is 0.500. The summed E-state index contributed by atoms with van der Waals surface area (Å²) in [5, 5.41) is 8.96. The van der Waals surface area contributed by atoms with Crippen LogP contribution in [0.15, 0.2) is 12.5 Å². The number of aliphatic hydroxyl groups excluding tert-OH is 1. The minimum absolute atomic E-state index is 0.0134. The lowest BCUT2D eigenvalue weighted by Gasteiger charge is -2.17. The molecule has 0 saturated heterocycles. The number of aromatic nitrogens is 2. The van der Waals surface area contributed by atoms with Crippen LogP contribution in [-0.2, 0) is 6.61 Å². The van der Waals surface area contributed by atoms with Crippen molar-refractivity contribution in [1.82, 2.24) is 9.97 Å². The van der Waals surface area contributed by atoms with E-state index in [1.807, 2.05) is 18.9 Å². The van der Waals surface area contributed by atoms with Gasteiger partial charge in [0, 0.05) is 25.4 Å². The lowest BCUT2D eigenvalue weighted by Crippen LogP contribution is -2.19. The molecule has 1 aromatic heterocycles. The highest BCUT2D eigenvalue weighted by atomic mass is 16.3. The summed E-state index contributed by atoms with van der Waals surface area (Å²) in [5.41, 5.74) is 0.766. The molecule has 0 unspecified atom stereocenters. The van der Waals surface area contributed by atoms with Gasteiger partial charge >= 0.3 is 0 Å². The van der Waals surface area contributed by atoms with Gasteiger partial charge in [0.1, 0.15) is 12.1 Å². The second kappa shape index (κ2) is 4.01. The van der Waals surface area contributed by atoms with Crippen LogP contribution in [0.4, 0.5) is 5.82 Å². The smallest absolute Gasteiger partial charge is 0.137 e. The first-order valence-corrected chi connectivity index (χ1v) is 3.90. The first kappa shape index (κ1) is 8.93. The molecule has 1 N–H and O–H groups in total. The molecule has 4 heteroatoms. The van der Waals surface area contributed by atoms with Crippen LogP contribution in [0.3, 0.4) is 0 Å². The van der Waals surface area contributed by atoms with Gasteiger partial charge in [0.05, 0.1) is 6.61 Å². The van der Waals surface area contributed by atoms with E-state index in [9.17, 15) is 0 Å². The maximum atomic E-state index is 8.96. The van der Waals surface area contributed by atoms with E-state index in [1.54, 1.807) is 6.20 Å². The van der Waals surface area contributed by atoms with Gasteiger partial charge < -0.3 is 10.0 Å². The average molecular weight is 167 g/mol. The minimum atomic E-state index is -0.0134. The van der Waals surface area contributed by atoms with Gasteiger partial charge in [-0.1, -0.05) is 0 Å². The van der Waals surface area contributed by atoms with Crippen molar-refractivity contribution in [2.45, 2.75) is 13.5 Å². The van der Waals surface area contributed by atoms with Crippen LogP contribution in [0.5, 0.6) is 0 Å². The number of anilines is 1. The molecule has 12 heavy (non-hydrogen) atoms. The van der Waals surface area contributed by atoms with Crippen LogP contribution in [-0.4, -0.2) is 28.7 Å². The molecule has 0 fully saturated rings. The second-order valence-electron chi connectivity index (χ2n) is 2.54. The first-order valence-electron chi connectivity index (χ1n) is 3.90. The topological polar surface area (TPSA) is 49.2 Å². The number of hydrogen-bond donors (Lipinski definition) is 1. The van der Waals surface area contributed by atoms with Gasteiger partial charge in [0.2, 0.25) is 0 Å². The third-order valence-corrected chi connectivity index (χ3v) is 1.77. The van der Waals surface area contributed by atoms with Gasteiger partial charge in [-0.25, -0.2) is 9.97 Å². The molecule has 0 spiro atoms. The molecule has 0 amide bonds. The standard InChI is InChI=1S/C8H13N3O/c1-3-11(2)8-7(5-12)4-9-6-10-8/h4,6,12H,3,5H2,1-2H3. The van der Waals surface area contributed by atoms with E-state index < -0.39 is 0 Å². The van der Waals surface area contributed by atoms with E-state index in [0.29, 0.717) is 0 Å². The summed E-state index contributed by atoms with van der Waals surface area (Å²) < 4.78 is 0. The quantitative estimate of drug-likeness (QED) is 0.709. The molecule has 66 valence electrons. The Balaban J connectivity index is 2.96. The minimum Gasteiger partial charge on any atom is -0.391 e. The fourth-order valence-electron chi connectivity index (χ4n) is 0.957. The Hall–Kier alpha value is -1.16. The number of rotatable bonds is 3. The van der Waals surface area contributed by atoms with Gasteiger partial charge in [0.25, 0.3) is 0 Å². The Kier molecular flexibility index (Phi) is 2.99. The molecule has 1 rings (SSSR count). The van der Waals surface area contributed by atoms with Crippen molar-refractivity contribution >= 4 is 5.82 Å². The van der Waals surface area contributed by atoms with Crippen LogP contribution in [0.2, 0.25) is 0 Å². The van der Waals surface area contributed by atoms with Crippen LogP contribution in [0, 0.1) is 0 Å². The highest BCUT2D eigenvalue weighted by molar-refractivity contribution is 5.43. The molecule has 0 radical (unpaired) electrons. The number of aliphatic hydroxyl groups is 1. The zero-order chi connectivity index (χ0) is 8.97. The summed E-state index contributed by atoms with van der Waals surface area (Å²) in [4.78, 5) is 9.88. The predicted molar refractivity (Wildman–Crippen MR) is 46.9 cm³/mol. The summed E-state index contributed by atoms with van der Waals surface area (Å²) in [6.07, 6.45) is 3.12. The van der Waals surface area contributed by atoms with Crippen molar-refractivity contribution in [2.75, 3.05) is 18.5 Å². The third-order valence-electron chi connectivity index (χ3n) is 1.77. The Labute approximate surface area is 71.9 Å². The average Bonchev–Trinajstić information content (AvgIpc) is 2.16. The maximum absolute atomic E-state index is 8.96.